The largest absolute Gasteiger partial charge is 0.399 e. The highest BCUT2D eigenvalue weighted by Gasteiger charge is 2.03. The summed E-state index contributed by atoms with van der Waals surface area (Å²) in [6.07, 6.45) is 0. The van der Waals surface area contributed by atoms with Gasteiger partial charge in [-0.15, -0.1) is 0 Å². The molecule has 0 amide bonds. The van der Waals surface area contributed by atoms with E-state index in [9.17, 15) is 4.39 Å². The SMILES string of the molecule is Cc1cc(C)c(C#Cc2cccc(N)c2)c(F)c1. The fourth-order valence-electron chi connectivity index (χ4n) is 1.83. The lowest BCUT2D eigenvalue weighted by Crippen LogP contribution is -1.91. The molecule has 2 aromatic carbocycles. The van der Waals surface area contributed by atoms with Crippen molar-refractivity contribution in [3.63, 3.8) is 0 Å². The van der Waals surface area contributed by atoms with E-state index in [0.29, 0.717) is 11.3 Å². The molecule has 0 spiro atoms. The number of nitrogen functional groups attached to an aromatic ring is 1. The highest BCUT2D eigenvalue weighted by Crippen LogP contribution is 2.14. The predicted octanol–water partition coefficient (Wildman–Crippen LogP) is 3.42. The third-order valence-electron chi connectivity index (χ3n) is 2.65. The van der Waals surface area contributed by atoms with E-state index in [1.165, 1.54) is 6.07 Å². The fraction of sp³-hybridized carbons (Fsp3) is 0.125. The Balaban J connectivity index is 2.42. The summed E-state index contributed by atoms with van der Waals surface area (Å²) in [7, 11) is 0. The topological polar surface area (TPSA) is 26.0 Å². The van der Waals surface area contributed by atoms with Gasteiger partial charge in [0.25, 0.3) is 0 Å². The second-order valence-corrected chi connectivity index (χ2v) is 4.31. The van der Waals surface area contributed by atoms with Crippen LogP contribution in [0, 0.1) is 31.5 Å². The molecule has 0 heterocycles. The highest BCUT2D eigenvalue weighted by atomic mass is 19.1. The average Bonchev–Trinajstić information content (AvgIpc) is 2.27. The molecule has 0 unspecified atom stereocenters. The standard InChI is InChI=1S/C16H14FN/c1-11-8-12(2)15(16(17)9-11)7-6-13-4-3-5-14(18)10-13/h3-5,8-10H,18H2,1-2H3. The van der Waals surface area contributed by atoms with Crippen molar-refractivity contribution in [2.24, 2.45) is 0 Å². The first kappa shape index (κ1) is 12.2. The number of halogens is 1. The van der Waals surface area contributed by atoms with Crippen LogP contribution in [0.25, 0.3) is 0 Å². The summed E-state index contributed by atoms with van der Waals surface area (Å²) < 4.78 is 13.8. The Kier molecular flexibility index (Phi) is 3.34. The molecule has 0 aromatic heterocycles. The fourth-order valence-corrected chi connectivity index (χ4v) is 1.83. The molecule has 0 aliphatic rings. The number of anilines is 1. The average molecular weight is 239 g/mol. The zero-order valence-electron chi connectivity index (χ0n) is 10.4. The molecule has 0 aliphatic heterocycles. The normalized spacial score (nSPS) is 9.72. The van der Waals surface area contributed by atoms with Crippen LogP contribution in [-0.2, 0) is 0 Å². The van der Waals surface area contributed by atoms with Gasteiger partial charge in [-0.05, 0) is 49.2 Å². The van der Waals surface area contributed by atoms with E-state index < -0.39 is 0 Å². The minimum atomic E-state index is -0.274. The molecule has 2 rings (SSSR count). The van der Waals surface area contributed by atoms with E-state index in [1.54, 1.807) is 12.1 Å². The van der Waals surface area contributed by atoms with Crippen LogP contribution in [0.5, 0.6) is 0 Å². The lowest BCUT2D eigenvalue weighted by atomic mass is 10.0. The van der Waals surface area contributed by atoms with Gasteiger partial charge in [0, 0.05) is 11.3 Å². The van der Waals surface area contributed by atoms with E-state index >= 15 is 0 Å². The summed E-state index contributed by atoms with van der Waals surface area (Å²) in [6, 6.07) is 10.7. The molecule has 0 fully saturated rings. The van der Waals surface area contributed by atoms with Crippen LogP contribution in [-0.4, -0.2) is 0 Å². The minimum Gasteiger partial charge on any atom is -0.399 e. The van der Waals surface area contributed by atoms with Gasteiger partial charge in [-0.2, -0.15) is 0 Å². The van der Waals surface area contributed by atoms with Crippen LogP contribution in [0.15, 0.2) is 36.4 Å². The number of aryl methyl sites for hydroxylation is 2. The van der Waals surface area contributed by atoms with Gasteiger partial charge in [0.1, 0.15) is 5.82 Å². The van der Waals surface area contributed by atoms with Crippen LogP contribution in [0.1, 0.15) is 22.3 Å². The molecule has 18 heavy (non-hydrogen) atoms. The van der Waals surface area contributed by atoms with Crippen molar-refractivity contribution in [2.75, 3.05) is 5.73 Å². The molecule has 0 aliphatic carbocycles. The molecule has 0 saturated carbocycles. The Bertz CT molecular complexity index is 625. The lowest BCUT2D eigenvalue weighted by molar-refractivity contribution is 0.622. The molecule has 2 aromatic rings. The summed E-state index contributed by atoms with van der Waals surface area (Å²) in [5.74, 6) is 5.53. The lowest BCUT2D eigenvalue weighted by Gasteiger charge is -2.02. The zero-order chi connectivity index (χ0) is 13.1. The Labute approximate surface area is 106 Å². The number of benzene rings is 2. The molecule has 0 radical (unpaired) electrons. The van der Waals surface area contributed by atoms with Gasteiger partial charge in [-0.25, -0.2) is 4.39 Å². The third-order valence-corrected chi connectivity index (χ3v) is 2.65. The van der Waals surface area contributed by atoms with Crippen LogP contribution < -0.4 is 5.73 Å². The van der Waals surface area contributed by atoms with Crippen LogP contribution >= 0.6 is 0 Å². The first-order valence-electron chi connectivity index (χ1n) is 5.70. The highest BCUT2D eigenvalue weighted by molar-refractivity contribution is 5.51. The van der Waals surface area contributed by atoms with E-state index in [4.69, 9.17) is 5.73 Å². The minimum absolute atomic E-state index is 0.274. The summed E-state index contributed by atoms with van der Waals surface area (Å²) in [6.45, 7) is 3.73. The second kappa shape index (κ2) is 4.93. The van der Waals surface area contributed by atoms with Crippen molar-refractivity contribution in [2.45, 2.75) is 13.8 Å². The van der Waals surface area contributed by atoms with E-state index in [2.05, 4.69) is 11.8 Å². The van der Waals surface area contributed by atoms with Gasteiger partial charge in [0.15, 0.2) is 0 Å². The Morgan fingerprint density at radius 3 is 2.50 bits per heavy atom. The summed E-state index contributed by atoms with van der Waals surface area (Å²) >= 11 is 0. The van der Waals surface area contributed by atoms with Gasteiger partial charge in [-0.1, -0.05) is 24.0 Å². The molecular formula is C16H14FN. The summed E-state index contributed by atoms with van der Waals surface area (Å²) in [5, 5.41) is 0. The van der Waals surface area contributed by atoms with Crippen molar-refractivity contribution in [1.29, 1.82) is 0 Å². The Hall–Kier alpha value is -2.27. The number of nitrogens with two attached hydrogens (primary N) is 1. The second-order valence-electron chi connectivity index (χ2n) is 4.31. The van der Waals surface area contributed by atoms with Crippen molar-refractivity contribution in [3.05, 3.63) is 64.5 Å². The van der Waals surface area contributed by atoms with Crippen molar-refractivity contribution in [1.82, 2.24) is 0 Å². The van der Waals surface area contributed by atoms with Crippen LogP contribution in [0.2, 0.25) is 0 Å². The predicted molar refractivity (Wildman–Crippen MR) is 72.7 cm³/mol. The first-order valence-corrected chi connectivity index (χ1v) is 5.70. The van der Waals surface area contributed by atoms with Crippen LogP contribution in [0.4, 0.5) is 10.1 Å². The zero-order valence-corrected chi connectivity index (χ0v) is 10.4. The van der Waals surface area contributed by atoms with Gasteiger partial charge in [0.2, 0.25) is 0 Å². The van der Waals surface area contributed by atoms with E-state index in [0.717, 1.165) is 16.7 Å². The molecule has 2 N–H and O–H groups in total. The molecule has 0 atom stereocenters. The number of rotatable bonds is 0. The number of hydrogen-bond donors (Lipinski definition) is 1. The van der Waals surface area contributed by atoms with Crippen LogP contribution in [0.3, 0.4) is 0 Å². The van der Waals surface area contributed by atoms with Gasteiger partial charge < -0.3 is 5.73 Å². The Morgan fingerprint density at radius 1 is 1.06 bits per heavy atom. The van der Waals surface area contributed by atoms with Gasteiger partial charge in [-0.3, -0.25) is 0 Å². The van der Waals surface area contributed by atoms with Crippen molar-refractivity contribution >= 4 is 5.69 Å². The molecule has 90 valence electrons. The van der Waals surface area contributed by atoms with Gasteiger partial charge in [0.05, 0.1) is 5.56 Å². The maximum Gasteiger partial charge on any atom is 0.139 e. The van der Waals surface area contributed by atoms with E-state index in [-0.39, 0.29) is 5.82 Å². The molecule has 2 heteroatoms. The van der Waals surface area contributed by atoms with Crippen molar-refractivity contribution < 1.29 is 4.39 Å². The molecule has 1 nitrogen and oxygen atoms in total. The summed E-state index contributed by atoms with van der Waals surface area (Å²) in [5.41, 5.74) is 9.31. The molecular weight excluding hydrogens is 225 g/mol. The maximum absolute atomic E-state index is 13.8. The number of hydrogen-bond acceptors (Lipinski definition) is 1. The third kappa shape index (κ3) is 2.70. The molecule has 0 bridgehead atoms. The van der Waals surface area contributed by atoms with E-state index in [1.807, 2.05) is 32.0 Å². The smallest absolute Gasteiger partial charge is 0.139 e. The Morgan fingerprint density at radius 2 is 1.83 bits per heavy atom. The monoisotopic (exact) mass is 239 g/mol. The van der Waals surface area contributed by atoms with Gasteiger partial charge >= 0.3 is 0 Å². The first-order chi connectivity index (χ1) is 8.56. The maximum atomic E-state index is 13.8. The van der Waals surface area contributed by atoms with Crippen molar-refractivity contribution in [3.8, 4) is 11.8 Å². The molecule has 0 saturated heterocycles. The summed E-state index contributed by atoms with van der Waals surface area (Å²) in [4.78, 5) is 0. The quantitative estimate of drug-likeness (QED) is 0.553.